The van der Waals surface area contributed by atoms with Crippen LogP contribution in [0.15, 0.2) is 18.2 Å². The van der Waals surface area contributed by atoms with Crippen molar-refractivity contribution in [3.05, 3.63) is 45.1 Å². The Bertz CT molecular complexity index is 727. The van der Waals surface area contributed by atoms with Crippen LogP contribution >= 0.6 is 35.4 Å². The van der Waals surface area contributed by atoms with Gasteiger partial charge in [0.05, 0.1) is 5.69 Å². The molecule has 0 bridgehead atoms. The Morgan fingerprint density at radius 3 is 2.91 bits per heavy atom. The summed E-state index contributed by atoms with van der Waals surface area (Å²) >= 11 is 17.3. The largest absolute Gasteiger partial charge is 0.374 e. The summed E-state index contributed by atoms with van der Waals surface area (Å²) in [6, 6.07) is 5.52. The van der Waals surface area contributed by atoms with Crippen molar-refractivity contribution in [2.45, 2.75) is 25.7 Å². The molecule has 0 saturated heterocycles. The third-order valence-corrected chi connectivity index (χ3v) is 4.55. The van der Waals surface area contributed by atoms with E-state index in [1.165, 1.54) is 5.56 Å². The summed E-state index contributed by atoms with van der Waals surface area (Å²) in [6.07, 6.45) is 3.83. The van der Waals surface area contributed by atoms with Crippen LogP contribution in [0.5, 0.6) is 0 Å². The minimum Gasteiger partial charge on any atom is -0.374 e. The van der Waals surface area contributed by atoms with Gasteiger partial charge in [0.25, 0.3) is 0 Å². The third kappa shape index (κ3) is 3.07. The van der Waals surface area contributed by atoms with E-state index in [1.807, 2.05) is 12.1 Å². The van der Waals surface area contributed by atoms with Crippen LogP contribution in [0, 0.1) is 0 Å². The van der Waals surface area contributed by atoms with E-state index >= 15 is 0 Å². The summed E-state index contributed by atoms with van der Waals surface area (Å²) in [5.74, 6) is 0.921. The van der Waals surface area contributed by atoms with Gasteiger partial charge >= 0.3 is 0 Å². The number of rotatable bonds is 2. The second kappa shape index (κ2) is 6.44. The van der Waals surface area contributed by atoms with Crippen molar-refractivity contribution in [2.75, 3.05) is 11.9 Å². The fourth-order valence-corrected chi connectivity index (χ4v) is 3.33. The number of thiocarbonyl (C=S) groups is 1. The third-order valence-electron chi connectivity index (χ3n) is 3.79. The highest BCUT2D eigenvalue weighted by atomic mass is 35.5. The van der Waals surface area contributed by atoms with E-state index in [9.17, 15) is 0 Å². The Kier molecular flexibility index (Phi) is 4.57. The second-order valence-electron chi connectivity index (χ2n) is 5.32. The van der Waals surface area contributed by atoms with Crippen LogP contribution in [0.2, 0.25) is 10.0 Å². The smallest absolute Gasteiger partial charge is 0.193 e. The first kappa shape index (κ1) is 15.6. The summed E-state index contributed by atoms with van der Waals surface area (Å²) in [5, 5.41) is 9.49. The Balaban J connectivity index is 2.01. The van der Waals surface area contributed by atoms with Crippen LogP contribution in [-0.4, -0.2) is 21.4 Å². The Morgan fingerprint density at radius 2 is 2.18 bits per heavy atom. The van der Waals surface area contributed by atoms with Crippen LogP contribution in [0.1, 0.15) is 29.7 Å². The molecule has 0 atom stereocenters. The molecule has 2 heterocycles. The molecule has 2 aromatic rings. The topological polar surface area (TPSA) is 55.9 Å². The summed E-state index contributed by atoms with van der Waals surface area (Å²) in [6.45, 7) is 0.905. The number of nitrogens with two attached hydrogens (primary N) is 1. The zero-order chi connectivity index (χ0) is 15.7. The maximum Gasteiger partial charge on any atom is 0.193 e. The van der Waals surface area contributed by atoms with Gasteiger partial charge in [-0.05, 0) is 49.2 Å². The number of benzene rings is 1. The molecule has 1 aliphatic heterocycles. The van der Waals surface area contributed by atoms with Crippen molar-refractivity contribution in [3.63, 3.8) is 0 Å². The molecule has 1 aliphatic rings. The summed E-state index contributed by atoms with van der Waals surface area (Å²) < 4.78 is 1.62. The summed E-state index contributed by atoms with van der Waals surface area (Å²) in [4.78, 5) is 0. The molecule has 4 nitrogen and oxygen atoms in total. The number of hydrogen-bond donors (Lipinski definition) is 2. The lowest BCUT2D eigenvalue weighted by Crippen LogP contribution is -2.23. The van der Waals surface area contributed by atoms with Gasteiger partial charge in [-0.3, -0.25) is 0 Å². The molecule has 0 unspecified atom stereocenters. The minimum atomic E-state index is 0.249. The van der Waals surface area contributed by atoms with Crippen LogP contribution in [0.25, 0.3) is 0 Å². The average Bonchev–Trinajstić information content (AvgIpc) is 2.65. The van der Waals surface area contributed by atoms with E-state index < -0.39 is 0 Å². The molecule has 0 fully saturated rings. The number of halogens is 2. The molecule has 0 spiro atoms. The number of anilines is 1. The van der Waals surface area contributed by atoms with E-state index in [4.69, 9.17) is 41.2 Å². The lowest BCUT2D eigenvalue weighted by Gasteiger charge is -2.06. The number of nitrogens with zero attached hydrogens (tertiary/aromatic N) is 2. The van der Waals surface area contributed by atoms with Crippen molar-refractivity contribution in [1.82, 2.24) is 9.78 Å². The standard InChI is InChI=1S/C15H16Cl2N4S/c16-10-5-4-9(12(17)8-10)7-13-11-3-1-2-6-19-14(11)21(20-13)15(18)22/h4-5,8,19H,1-3,6-7H2,(H2,18,22). The number of nitrogens with one attached hydrogen (secondary N) is 1. The van der Waals surface area contributed by atoms with Gasteiger partial charge in [0.15, 0.2) is 5.11 Å². The molecule has 0 saturated carbocycles. The Morgan fingerprint density at radius 1 is 1.36 bits per heavy atom. The molecule has 7 heteroatoms. The number of aromatic nitrogens is 2. The monoisotopic (exact) mass is 354 g/mol. The van der Waals surface area contributed by atoms with Crippen molar-refractivity contribution >= 4 is 46.4 Å². The van der Waals surface area contributed by atoms with E-state index in [2.05, 4.69) is 10.4 Å². The molecule has 0 aliphatic carbocycles. The average molecular weight is 355 g/mol. The Labute approximate surface area is 144 Å². The molecule has 22 heavy (non-hydrogen) atoms. The van der Waals surface area contributed by atoms with Gasteiger partial charge in [0.2, 0.25) is 0 Å². The van der Waals surface area contributed by atoms with Crippen LogP contribution < -0.4 is 11.1 Å². The lowest BCUT2D eigenvalue weighted by molar-refractivity contribution is 0.771. The predicted molar refractivity (Wildman–Crippen MR) is 95.1 cm³/mol. The molecule has 1 aromatic heterocycles. The first-order valence-corrected chi connectivity index (χ1v) is 8.31. The highest BCUT2D eigenvalue weighted by molar-refractivity contribution is 7.80. The number of hydrogen-bond acceptors (Lipinski definition) is 3. The maximum atomic E-state index is 6.28. The normalized spacial score (nSPS) is 14.1. The zero-order valence-electron chi connectivity index (χ0n) is 11.9. The summed E-state index contributed by atoms with van der Waals surface area (Å²) in [7, 11) is 0. The summed E-state index contributed by atoms with van der Waals surface area (Å²) in [5.41, 5.74) is 8.92. The quantitative estimate of drug-likeness (QED) is 0.808. The van der Waals surface area contributed by atoms with Gasteiger partial charge in [-0.15, -0.1) is 0 Å². The minimum absolute atomic E-state index is 0.249. The SMILES string of the molecule is NC(=S)n1nc(Cc2ccc(Cl)cc2Cl)c2c1NCCCC2. The van der Waals surface area contributed by atoms with Crippen molar-refractivity contribution < 1.29 is 0 Å². The first-order chi connectivity index (χ1) is 10.6. The predicted octanol–water partition coefficient (Wildman–Crippen LogP) is 3.62. The molecule has 3 N–H and O–H groups in total. The molecule has 0 radical (unpaired) electrons. The van der Waals surface area contributed by atoms with Crippen molar-refractivity contribution in [1.29, 1.82) is 0 Å². The van der Waals surface area contributed by atoms with Gasteiger partial charge < -0.3 is 11.1 Å². The van der Waals surface area contributed by atoms with E-state index in [0.29, 0.717) is 16.5 Å². The van der Waals surface area contributed by atoms with E-state index in [-0.39, 0.29) is 5.11 Å². The fourth-order valence-electron chi connectivity index (χ4n) is 2.72. The lowest BCUT2D eigenvalue weighted by atomic mass is 10.0. The van der Waals surface area contributed by atoms with E-state index in [0.717, 1.165) is 42.9 Å². The van der Waals surface area contributed by atoms with Crippen molar-refractivity contribution in [2.24, 2.45) is 5.73 Å². The van der Waals surface area contributed by atoms with Crippen LogP contribution in [-0.2, 0) is 12.8 Å². The molecular weight excluding hydrogens is 339 g/mol. The zero-order valence-corrected chi connectivity index (χ0v) is 14.2. The van der Waals surface area contributed by atoms with Crippen LogP contribution in [0.4, 0.5) is 5.82 Å². The van der Waals surface area contributed by atoms with Gasteiger partial charge in [-0.1, -0.05) is 29.3 Å². The van der Waals surface area contributed by atoms with Gasteiger partial charge in [0, 0.05) is 28.6 Å². The maximum absolute atomic E-state index is 6.28. The fraction of sp³-hybridized carbons (Fsp3) is 0.333. The van der Waals surface area contributed by atoms with Crippen LogP contribution in [0.3, 0.4) is 0 Å². The van der Waals surface area contributed by atoms with Gasteiger partial charge in [-0.2, -0.15) is 9.78 Å². The highest BCUT2D eigenvalue weighted by Gasteiger charge is 2.21. The first-order valence-electron chi connectivity index (χ1n) is 7.14. The molecule has 1 aromatic carbocycles. The van der Waals surface area contributed by atoms with Gasteiger partial charge in [-0.25, -0.2) is 0 Å². The highest BCUT2D eigenvalue weighted by Crippen LogP contribution is 2.29. The molecule has 0 amide bonds. The van der Waals surface area contributed by atoms with Crippen molar-refractivity contribution in [3.8, 4) is 0 Å². The molecular formula is C15H16Cl2N4S. The van der Waals surface area contributed by atoms with Gasteiger partial charge in [0.1, 0.15) is 5.82 Å². The molecule has 3 rings (SSSR count). The number of fused-ring (bicyclic) bond motifs is 1. The Hall–Kier alpha value is -1.30. The molecule has 116 valence electrons. The van der Waals surface area contributed by atoms with E-state index in [1.54, 1.807) is 10.7 Å². The second-order valence-corrected chi connectivity index (χ2v) is 6.58.